The van der Waals surface area contributed by atoms with Crippen molar-refractivity contribution in [3.8, 4) is 22.8 Å². The first-order valence-corrected chi connectivity index (χ1v) is 12.5. The molecule has 0 bridgehead atoms. The van der Waals surface area contributed by atoms with Crippen LogP contribution in [0.5, 0.6) is 5.75 Å². The number of ether oxygens (including phenoxy) is 1. The summed E-state index contributed by atoms with van der Waals surface area (Å²) in [6, 6.07) is 9.63. The number of halogens is 2. The molecule has 0 unspecified atom stereocenters. The Kier molecular flexibility index (Phi) is 8.88. The highest BCUT2D eigenvalue weighted by atomic mass is 79.9. The van der Waals surface area contributed by atoms with Gasteiger partial charge in [-0.25, -0.2) is 15.0 Å². The monoisotopic (exact) mass is 569 g/mol. The number of aliphatic hydroxyl groups is 1. The van der Waals surface area contributed by atoms with Crippen LogP contribution in [0.15, 0.2) is 58.1 Å². The summed E-state index contributed by atoms with van der Waals surface area (Å²) in [5, 5.41) is 10.3. The summed E-state index contributed by atoms with van der Waals surface area (Å²) in [6.45, 7) is 10.9. The van der Waals surface area contributed by atoms with Crippen molar-refractivity contribution in [2.24, 2.45) is 0 Å². The van der Waals surface area contributed by atoms with E-state index in [1.165, 1.54) is 6.07 Å². The Balaban J connectivity index is 0.00000186. The number of pyridine rings is 3. The van der Waals surface area contributed by atoms with Gasteiger partial charge in [0.25, 0.3) is 5.56 Å². The predicted octanol–water partition coefficient (Wildman–Crippen LogP) is 5.44. The number of hydrogen-bond acceptors (Lipinski definition) is 7. The van der Waals surface area contributed by atoms with Gasteiger partial charge in [0, 0.05) is 24.2 Å². The molecule has 0 aromatic carbocycles. The molecule has 10 heteroatoms. The van der Waals surface area contributed by atoms with Crippen LogP contribution >= 0.6 is 15.9 Å². The highest BCUT2D eigenvalue weighted by Crippen LogP contribution is 2.27. The smallest absolute Gasteiger partial charge is 0.273 e. The van der Waals surface area contributed by atoms with E-state index in [9.17, 15) is 14.3 Å². The molecular formula is C27H29BrFN5O3. The van der Waals surface area contributed by atoms with Crippen molar-refractivity contribution in [2.75, 3.05) is 0 Å². The number of aromatic nitrogens is 5. The zero-order chi connectivity index (χ0) is 27.3. The summed E-state index contributed by atoms with van der Waals surface area (Å²) in [7, 11) is 0. The van der Waals surface area contributed by atoms with Gasteiger partial charge in [-0.3, -0.25) is 14.3 Å². The lowest BCUT2D eigenvalue weighted by Crippen LogP contribution is -2.23. The molecule has 0 saturated carbocycles. The van der Waals surface area contributed by atoms with Crippen LogP contribution in [0.4, 0.5) is 4.39 Å². The molecule has 0 aliphatic carbocycles. The van der Waals surface area contributed by atoms with Crippen molar-refractivity contribution < 1.29 is 14.2 Å². The fourth-order valence-corrected chi connectivity index (χ4v) is 3.86. The Hall–Kier alpha value is -3.50. The van der Waals surface area contributed by atoms with E-state index >= 15 is 0 Å². The zero-order valence-corrected chi connectivity index (χ0v) is 23.2. The lowest BCUT2D eigenvalue weighted by atomic mass is 10.1. The predicted molar refractivity (Wildman–Crippen MR) is 143 cm³/mol. The maximum Gasteiger partial charge on any atom is 0.273 e. The molecule has 4 heterocycles. The quantitative estimate of drug-likeness (QED) is 0.308. The van der Waals surface area contributed by atoms with E-state index < -0.39 is 11.5 Å². The molecule has 1 N–H and O–H groups in total. The van der Waals surface area contributed by atoms with Crippen molar-refractivity contribution in [3.05, 3.63) is 92.3 Å². The normalized spacial score (nSPS) is 11.1. The van der Waals surface area contributed by atoms with Crippen LogP contribution in [-0.4, -0.2) is 29.6 Å². The zero-order valence-electron chi connectivity index (χ0n) is 21.6. The van der Waals surface area contributed by atoms with Crippen LogP contribution in [0, 0.1) is 19.8 Å². The van der Waals surface area contributed by atoms with Gasteiger partial charge >= 0.3 is 0 Å². The van der Waals surface area contributed by atoms with Crippen molar-refractivity contribution in [2.45, 2.75) is 53.8 Å². The third kappa shape index (κ3) is 6.44. The topological polar surface area (TPSA) is 103 Å². The molecule has 8 nitrogen and oxygen atoms in total. The van der Waals surface area contributed by atoms with Gasteiger partial charge in [-0.05, 0) is 73.5 Å². The van der Waals surface area contributed by atoms with Crippen LogP contribution in [0.25, 0.3) is 17.1 Å². The fourth-order valence-electron chi connectivity index (χ4n) is 3.46. The molecule has 0 aliphatic heterocycles. The average molecular weight is 570 g/mol. The maximum atomic E-state index is 13.4. The molecule has 0 saturated heterocycles. The molecule has 4 aromatic heterocycles. The second-order valence-electron chi connectivity index (χ2n) is 8.53. The minimum absolute atomic E-state index is 0.00887. The van der Waals surface area contributed by atoms with Crippen LogP contribution in [0.1, 0.15) is 50.5 Å². The Morgan fingerprint density at radius 1 is 1.08 bits per heavy atom. The largest absolute Gasteiger partial charge is 0.486 e. The summed E-state index contributed by atoms with van der Waals surface area (Å²) in [5.74, 6) is -0.00393. The van der Waals surface area contributed by atoms with E-state index in [0.29, 0.717) is 34.2 Å². The summed E-state index contributed by atoms with van der Waals surface area (Å²) in [6.07, 6.45) is 3.22. The van der Waals surface area contributed by atoms with Crippen molar-refractivity contribution in [1.82, 2.24) is 24.5 Å². The van der Waals surface area contributed by atoms with Crippen molar-refractivity contribution in [3.63, 3.8) is 0 Å². The highest BCUT2D eigenvalue weighted by Gasteiger charge is 2.21. The second kappa shape index (κ2) is 11.7. The first kappa shape index (κ1) is 28.1. The van der Waals surface area contributed by atoms with Crippen LogP contribution in [0.3, 0.4) is 0 Å². The Bertz CT molecular complexity index is 1470. The Labute approximate surface area is 223 Å². The maximum absolute atomic E-state index is 13.4. The van der Waals surface area contributed by atoms with Gasteiger partial charge in [0.05, 0.1) is 22.8 Å². The third-order valence-electron chi connectivity index (χ3n) is 5.23. The van der Waals surface area contributed by atoms with Gasteiger partial charge in [0.1, 0.15) is 22.4 Å². The minimum Gasteiger partial charge on any atom is -0.486 e. The van der Waals surface area contributed by atoms with Gasteiger partial charge in [0.15, 0.2) is 5.82 Å². The van der Waals surface area contributed by atoms with Crippen LogP contribution in [-0.2, 0) is 12.2 Å². The van der Waals surface area contributed by atoms with E-state index in [-0.39, 0.29) is 22.5 Å². The van der Waals surface area contributed by atoms with Crippen molar-refractivity contribution in [1.29, 1.82) is 0 Å². The molecular weight excluding hydrogens is 541 g/mol. The number of hydrogen-bond donors (Lipinski definition) is 1. The SMILES string of the molecule is CC.Cc1cnc(-c2ccnc(C(C)(C)O)n2)cc1-n1c(C)cc(OCc2cccc(F)n2)c(Br)c1=O. The first-order chi connectivity index (χ1) is 17.5. The van der Waals surface area contributed by atoms with Crippen LogP contribution in [0.2, 0.25) is 0 Å². The van der Waals surface area contributed by atoms with Gasteiger partial charge in [-0.2, -0.15) is 4.39 Å². The first-order valence-electron chi connectivity index (χ1n) is 11.7. The average Bonchev–Trinajstić information content (AvgIpc) is 2.87. The molecule has 0 atom stereocenters. The second-order valence-corrected chi connectivity index (χ2v) is 9.32. The van der Waals surface area contributed by atoms with Gasteiger partial charge in [-0.15, -0.1) is 0 Å². The standard InChI is InChI=1S/C25H23BrFN5O3.C2H6/c1-14-12-29-18(17-8-9-28-24(31-17)25(3,4)34)11-19(14)32-15(2)10-20(22(26)23(32)33)35-13-16-6-5-7-21(27)30-16;1-2/h5-12,34H,13H2,1-4H3;1-2H3. The number of nitrogens with zero attached hydrogens (tertiary/aromatic N) is 5. The summed E-state index contributed by atoms with van der Waals surface area (Å²) < 4.78 is 20.9. The lowest BCUT2D eigenvalue weighted by Gasteiger charge is -2.18. The van der Waals surface area contributed by atoms with E-state index in [2.05, 4.69) is 35.9 Å². The Morgan fingerprint density at radius 2 is 1.81 bits per heavy atom. The lowest BCUT2D eigenvalue weighted by molar-refractivity contribution is 0.0688. The van der Waals surface area contributed by atoms with Crippen LogP contribution < -0.4 is 10.3 Å². The van der Waals surface area contributed by atoms with E-state index in [0.717, 1.165) is 5.56 Å². The highest BCUT2D eigenvalue weighted by molar-refractivity contribution is 9.10. The molecule has 0 amide bonds. The summed E-state index contributed by atoms with van der Waals surface area (Å²) >= 11 is 3.35. The fraction of sp³-hybridized carbons (Fsp3) is 0.296. The molecule has 4 rings (SSSR count). The van der Waals surface area contributed by atoms with Crippen molar-refractivity contribution >= 4 is 15.9 Å². The minimum atomic E-state index is -1.21. The Morgan fingerprint density at radius 3 is 2.49 bits per heavy atom. The molecule has 0 fully saturated rings. The molecule has 0 radical (unpaired) electrons. The molecule has 194 valence electrons. The molecule has 0 aliphatic rings. The van der Waals surface area contributed by atoms with E-state index in [1.54, 1.807) is 68.1 Å². The molecule has 37 heavy (non-hydrogen) atoms. The molecule has 4 aromatic rings. The van der Waals surface area contributed by atoms with Gasteiger partial charge in [-0.1, -0.05) is 19.9 Å². The number of rotatable bonds is 6. The summed E-state index contributed by atoms with van der Waals surface area (Å²) in [5.41, 5.74) is 1.94. The van der Waals surface area contributed by atoms with Gasteiger partial charge in [0.2, 0.25) is 5.95 Å². The third-order valence-corrected chi connectivity index (χ3v) is 5.96. The van der Waals surface area contributed by atoms with Gasteiger partial charge < -0.3 is 9.84 Å². The summed E-state index contributed by atoms with van der Waals surface area (Å²) in [4.78, 5) is 30.2. The van der Waals surface area contributed by atoms with E-state index in [1.807, 2.05) is 20.8 Å². The van der Waals surface area contributed by atoms with E-state index in [4.69, 9.17) is 4.74 Å². The number of aryl methyl sites for hydroxylation is 2. The molecule has 0 spiro atoms.